The molecule has 1 heterocycles. The molecule has 0 unspecified atom stereocenters. The number of pyridine rings is 1. The number of hydrogen-bond acceptors (Lipinski definition) is 5. The zero-order valence-corrected chi connectivity index (χ0v) is 16.2. The number of amides is 2. The summed E-state index contributed by atoms with van der Waals surface area (Å²) in [4.78, 5) is 39.7. The van der Waals surface area contributed by atoms with Gasteiger partial charge in [0.1, 0.15) is 0 Å². The number of esters is 1. The van der Waals surface area contributed by atoms with Gasteiger partial charge in [0, 0.05) is 12.4 Å². The summed E-state index contributed by atoms with van der Waals surface area (Å²) >= 11 is 0. The average Bonchev–Trinajstić information content (AvgIpc) is 2.72. The number of nitrogens with one attached hydrogen (secondary N) is 2. The number of aromatic nitrogens is 1. The molecule has 2 aromatic rings. The molecule has 0 aliphatic rings. The minimum atomic E-state index is -1.72. The van der Waals surface area contributed by atoms with Crippen LogP contribution in [0.4, 0.5) is 18.9 Å². The lowest BCUT2D eigenvalue weighted by molar-refractivity contribution is -0.155. The Morgan fingerprint density at radius 1 is 1.03 bits per heavy atom. The normalized spacial score (nSPS) is 12.6. The molecule has 0 radical (unpaired) electrons. The summed E-state index contributed by atoms with van der Waals surface area (Å²) in [6.45, 7) is 2.56. The molecule has 0 fully saturated rings. The number of carbonyl (C=O) groups is 3. The molecule has 2 rings (SSSR count). The van der Waals surface area contributed by atoms with E-state index in [2.05, 4.69) is 10.3 Å². The number of halogens is 3. The number of ether oxygens (including phenoxy) is 1. The molecule has 2 atom stereocenters. The quantitative estimate of drug-likeness (QED) is 0.503. The monoisotopic (exact) mass is 423 g/mol. The van der Waals surface area contributed by atoms with Gasteiger partial charge in [-0.3, -0.25) is 19.4 Å². The Morgan fingerprint density at radius 3 is 2.37 bits per heavy atom. The van der Waals surface area contributed by atoms with Crippen LogP contribution in [0.3, 0.4) is 0 Å². The fraction of sp³-hybridized carbons (Fsp3) is 0.300. The maximum atomic E-state index is 13.5. The summed E-state index contributed by atoms with van der Waals surface area (Å²) < 4.78 is 44.6. The van der Waals surface area contributed by atoms with Gasteiger partial charge in [-0.05, 0) is 42.7 Å². The summed E-state index contributed by atoms with van der Waals surface area (Å²) in [5.41, 5.74) is 0.318. The zero-order chi connectivity index (χ0) is 22.3. The van der Waals surface area contributed by atoms with Gasteiger partial charge in [-0.15, -0.1) is 0 Å². The van der Waals surface area contributed by atoms with Crippen LogP contribution in [-0.4, -0.2) is 35.4 Å². The van der Waals surface area contributed by atoms with E-state index in [1.54, 1.807) is 24.5 Å². The third-order valence-electron chi connectivity index (χ3n) is 4.16. The van der Waals surface area contributed by atoms with Crippen molar-refractivity contribution in [1.82, 2.24) is 10.3 Å². The van der Waals surface area contributed by atoms with Crippen molar-refractivity contribution in [3.05, 3.63) is 59.7 Å². The summed E-state index contributed by atoms with van der Waals surface area (Å²) in [7, 11) is 0. The van der Waals surface area contributed by atoms with Gasteiger partial charge in [-0.25, -0.2) is 13.2 Å². The molecular formula is C20H20F3N3O4. The van der Waals surface area contributed by atoms with Crippen molar-refractivity contribution in [2.24, 2.45) is 0 Å². The van der Waals surface area contributed by atoms with Crippen molar-refractivity contribution in [3.63, 3.8) is 0 Å². The van der Waals surface area contributed by atoms with Crippen molar-refractivity contribution in [1.29, 1.82) is 0 Å². The molecule has 0 aliphatic heterocycles. The van der Waals surface area contributed by atoms with Crippen molar-refractivity contribution in [2.75, 3.05) is 11.9 Å². The lowest BCUT2D eigenvalue weighted by Crippen LogP contribution is -2.40. The lowest BCUT2D eigenvalue weighted by atomic mass is 9.99. The lowest BCUT2D eigenvalue weighted by Gasteiger charge is -2.16. The maximum Gasteiger partial charge on any atom is 0.307 e. The largest absolute Gasteiger partial charge is 0.453 e. The average molecular weight is 423 g/mol. The highest BCUT2D eigenvalue weighted by Gasteiger charge is 2.21. The SMILES string of the molecule is C[C@H](CC(=O)O[C@H](C)C(=O)NCC(=O)Nc1ccc(F)c(F)c1F)c1ccncc1. The third-order valence-corrected chi connectivity index (χ3v) is 4.16. The maximum absolute atomic E-state index is 13.5. The Hall–Kier alpha value is -3.43. The van der Waals surface area contributed by atoms with Crippen LogP contribution in [0.5, 0.6) is 0 Å². The van der Waals surface area contributed by atoms with E-state index in [1.807, 2.05) is 12.2 Å². The summed E-state index contributed by atoms with van der Waals surface area (Å²) in [6, 6.07) is 5.04. The van der Waals surface area contributed by atoms with Crippen molar-refractivity contribution < 1.29 is 32.3 Å². The van der Waals surface area contributed by atoms with E-state index in [9.17, 15) is 27.6 Å². The van der Waals surface area contributed by atoms with Crippen molar-refractivity contribution >= 4 is 23.5 Å². The Labute approximate surface area is 170 Å². The van der Waals surface area contributed by atoms with Crippen molar-refractivity contribution in [2.45, 2.75) is 32.3 Å². The highest BCUT2D eigenvalue weighted by Crippen LogP contribution is 2.20. The molecule has 0 saturated heterocycles. The van der Waals surface area contributed by atoms with Gasteiger partial charge < -0.3 is 15.4 Å². The van der Waals surface area contributed by atoms with Gasteiger partial charge in [-0.1, -0.05) is 6.92 Å². The Bertz CT molecular complexity index is 925. The highest BCUT2D eigenvalue weighted by molar-refractivity contribution is 5.95. The molecule has 10 heteroatoms. The molecule has 30 heavy (non-hydrogen) atoms. The minimum absolute atomic E-state index is 0.0392. The van der Waals surface area contributed by atoms with Crippen LogP contribution in [0.2, 0.25) is 0 Å². The van der Waals surface area contributed by atoms with Crippen LogP contribution in [0.15, 0.2) is 36.7 Å². The summed E-state index contributed by atoms with van der Waals surface area (Å²) in [6.07, 6.45) is 2.07. The molecule has 1 aromatic carbocycles. The minimum Gasteiger partial charge on any atom is -0.453 e. The van der Waals surface area contributed by atoms with Gasteiger partial charge in [0.2, 0.25) is 5.91 Å². The summed E-state index contributed by atoms with van der Waals surface area (Å²) in [5.74, 6) is -7.05. The Kier molecular flexibility index (Phi) is 7.90. The highest BCUT2D eigenvalue weighted by atomic mass is 19.2. The first kappa shape index (κ1) is 22.9. The predicted molar refractivity (Wildman–Crippen MR) is 101 cm³/mol. The van der Waals surface area contributed by atoms with Gasteiger partial charge in [0.15, 0.2) is 23.6 Å². The molecule has 0 bridgehead atoms. The molecular weight excluding hydrogens is 403 g/mol. The molecule has 160 valence electrons. The number of anilines is 1. The van der Waals surface area contributed by atoms with E-state index < -0.39 is 53.6 Å². The number of carbonyl (C=O) groups excluding carboxylic acids is 3. The first-order valence-electron chi connectivity index (χ1n) is 8.99. The molecule has 0 spiro atoms. The topological polar surface area (TPSA) is 97.4 Å². The molecule has 7 nitrogen and oxygen atoms in total. The van der Waals surface area contributed by atoms with Crippen LogP contribution in [0.1, 0.15) is 31.7 Å². The van der Waals surface area contributed by atoms with E-state index >= 15 is 0 Å². The van der Waals surface area contributed by atoms with Gasteiger partial charge >= 0.3 is 5.97 Å². The Morgan fingerprint density at radius 2 is 1.70 bits per heavy atom. The number of nitrogens with zero attached hydrogens (tertiary/aromatic N) is 1. The molecule has 2 amide bonds. The first-order valence-corrected chi connectivity index (χ1v) is 8.99. The zero-order valence-electron chi connectivity index (χ0n) is 16.2. The molecule has 2 N–H and O–H groups in total. The van der Waals surface area contributed by atoms with E-state index in [4.69, 9.17) is 4.74 Å². The van der Waals surface area contributed by atoms with Crippen LogP contribution >= 0.6 is 0 Å². The molecule has 0 saturated carbocycles. The summed E-state index contributed by atoms with van der Waals surface area (Å²) in [5, 5.41) is 4.22. The van der Waals surface area contributed by atoms with Crippen LogP contribution in [0, 0.1) is 17.5 Å². The second-order valence-corrected chi connectivity index (χ2v) is 6.51. The smallest absolute Gasteiger partial charge is 0.307 e. The number of rotatable bonds is 8. The van der Waals surface area contributed by atoms with E-state index in [-0.39, 0.29) is 12.3 Å². The first-order chi connectivity index (χ1) is 14.2. The second-order valence-electron chi connectivity index (χ2n) is 6.51. The number of benzene rings is 1. The molecule has 0 aliphatic carbocycles. The molecule has 1 aromatic heterocycles. The standard InChI is InChI=1S/C20H20F3N3O4/c1-11(13-5-7-24-8-6-13)9-17(28)30-12(2)20(29)25-10-16(27)26-15-4-3-14(21)18(22)19(15)23/h3-8,11-12H,9-10H2,1-2H3,(H,25,29)(H,26,27)/t11-,12-/m1/s1. The third kappa shape index (κ3) is 6.29. The Balaban J connectivity index is 1.79. The predicted octanol–water partition coefficient (Wildman–Crippen LogP) is 2.68. The van der Waals surface area contributed by atoms with Gasteiger partial charge in [0.25, 0.3) is 5.91 Å². The van der Waals surface area contributed by atoms with Gasteiger partial charge in [0.05, 0.1) is 18.7 Å². The van der Waals surface area contributed by atoms with Crippen LogP contribution in [-0.2, 0) is 19.1 Å². The second kappa shape index (κ2) is 10.4. The van der Waals surface area contributed by atoms with Crippen LogP contribution < -0.4 is 10.6 Å². The van der Waals surface area contributed by atoms with E-state index in [1.165, 1.54) is 6.92 Å². The fourth-order valence-corrected chi connectivity index (χ4v) is 2.49. The number of hydrogen-bond donors (Lipinski definition) is 2. The fourth-order valence-electron chi connectivity index (χ4n) is 2.49. The van der Waals surface area contributed by atoms with E-state index in [0.29, 0.717) is 6.07 Å². The van der Waals surface area contributed by atoms with Gasteiger partial charge in [-0.2, -0.15) is 0 Å². The van der Waals surface area contributed by atoms with Crippen LogP contribution in [0.25, 0.3) is 0 Å². The van der Waals surface area contributed by atoms with Crippen molar-refractivity contribution in [3.8, 4) is 0 Å². The van der Waals surface area contributed by atoms with E-state index in [0.717, 1.165) is 11.6 Å².